The number of hydrogen-bond acceptors (Lipinski definition) is 5. The van der Waals surface area contributed by atoms with Crippen LogP contribution in [0.25, 0.3) is 0 Å². The van der Waals surface area contributed by atoms with Crippen molar-refractivity contribution in [2.45, 2.75) is 110 Å². The number of ether oxygens (including phenoxy) is 3. The predicted molar refractivity (Wildman–Crippen MR) is 108 cm³/mol. The maximum Gasteiger partial charge on any atom is 0.511 e. The number of hydrogen-bond donors (Lipinski definition) is 0. The lowest BCUT2D eigenvalue weighted by Crippen LogP contribution is -2.25. The van der Waals surface area contributed by atoms with Gasteiger partial charge in [-0.15, -0.1) is 0 Å². The lowest BCUT2D eigenvalue weighted by Gasteiger charge is -2.18. The Labute approximate surface area is 165 Å². The number of esters is 1. The van der Waals surface area contributed by atoms with Gasteiger partial charge in [0.05, 0.1) is 0 Å². The minimum atomic E-state index is -0.831. The minimum Gasteiger partial charge on any atom is -0.428 e. The Morgan fingerprint density at radius 3 is 1.93 bits per heavy atom. The van der Waals surface area contributed by atoms with Crippen molar-refractivity contribution in [2.75, 3.05) is 6.79 Å². The summed E-state index contributed by atoms with van der Waals surface area (Å²) in [6.45, 7) is 7.07. The monoisotopic (exact) mass is 384 g/mol. The van der Waals surface area contributed by atoms with Crippen molar-refractivity contribution in [2.24, 2.45) is 0 Å². The maximum absolute atomic E-state index is 11.5. The molecule has 0 aromatic heterocycles. The first-order valence-electron chi connectivity index (χ1n) is 10.5. The molecule has 27 heavy (non-hydrogen) atoms. The van der Waals surface area contributed by atoms with Gasteiger partial charge in [-0.3, -0.25) is 4.79 Å². The summed E-state index contributed by atoms with van der Waals surface area (Å²) in [4.78, 5) is 22.8. The van der Waals surface area contributed by atoms with E-state index in [2.05, 4.69) is 19.1 Å². The lowest BCUT2D eigenvalue weighted by atomic mass is 10.1. The molecular formula is C22H40O5. The molecule has 0 atom stereocenters. The van der Waals surface area contributed by atoms with Crippen LogP contribution in [0.4, 0.5) is 4.79 Å². The van der Waals surface area contributed by atoms with Crippen LogP contribution >= 0.6 is 0 Å². The predicted octanol–water partition coefficient (Wildman–Crippen LogP) is 6.70. The van der Waals surface area contributed by atoms with Crippen LogP contribution in [0.3, 0.4) is 0 Å². The van der Waals surface area contributed by atoms with Gasteiger partial charge in [0.15, 0.2) is 0 Å². The molecule has 0 bridgehead atoms. The van der Waals surface area contributed by atoms with Crippen LogP contribution in [-0.2, 0) is 19.0 Å². The Morgan fingerprint density at radius 2 is 1.33 bits per heavy atom. The van der Waals surface area contributed by atoms with Crippen molar-refractivity contribution in [3.63, 3.8) is 0 Å². The normalized spacial score (nSPS) is 11.6. The third-order valence-corrected chi connectivity index (χ3v) is 3.93. The topological polar surface area (TPSA) is 61.8 Å². The van der Waals surface area contributed by atoms with Crippen LogP contribution in [0.2, 0.25) is 0 Å². The van der Waals surface area contributed by atoms with E-state index < -0.39 is 18.5 Å². The zero-order chi connectivity index (χ0) is 20.4. The number of allylic oxidation sites excluding steroid dienone is 2. The Bertz CT molecular complexity index is 409. The molecule has 5 nitrogen and oxygen atoms in total. The van der Waals surface area contributed by atoms with Crippen molar-refractivity contribution < 1.29 is 23.8 Å². The molecule has 0 saturated heterocycles. The molecule has 0 aliphatic heterocycles. The molecule has 0 aromatic rings. The number of unbranched alkanes of at least 4 members (excludes halogenated alkanes) is 9. The number of carbonyl (C=O) groups is 2. The average molecular weight is 385 g/mol. The zero-order valence-electron chi connectivity index (χ0n) is 17.9. The molecule has 0 radical (unpaired) electrons. The van der Waals surface area contributed by atoms with E-state index in [4.69, 9.17) is 14.2 Å². The van der Waals surface area contributed by atoms with E-state index in [1.54, 1.807) is 20.8 Å². The van der Waals surface area contributed by atoms with Gasteiger partial charge in [0.2, 0.25) is 6.79 Å². The molecule has 158 valence electrons. The fourth-order valence-corrected chi connectivity index (χ4v) is 2.48. The molecular weight excluding hydrogens is 344 g/mol. The van der Waals surface area contributed by atoms with E-state index in [1.807, 2.05) is 0 Å². The lowest BCUT2D eigenvalue weighted by molar-refractivity contribution is -0.154. The molecule has 0 aliphatic rings. The molecule has 0 saturated carbocycles. The number of rotatable bonds is 15. The van der Waals surface area contributed by atoms with E-state index >= 15 is 0 Å². The van der Waals surface area contributed by atoms with Gasteiger partial charge < -0.3 is 14.2 Å². The second-order valence-corrected chi connectivity index (χ2v) is 7.87. The molecule has 0 aliphatic carbocycles. The summed E-state index contributed by atoms with van der Waals surface area (Å²) in [5, 5.41) is 0. The summed E-state index contributed by atoms with van der Waals surface area (Å²) in [6, 6.07) is 0. The van der Waals surface area contributed by atoms with Gasteiger partial charge in [-0.1, -0.05) is 57.6 Å². The van der Waals surface area contributed by atoms with E-state index in [0.29, 0.717) is 6.42 Å². The van der Waals surface area contributed by atoms with Gasteiger partial charge in [0, 0.05) is 6.42 Å². The first kappa shape index (κ1) is 25.5. The fourth-order valence-electron chi connectivity index (χ4n) is 2.48. The van der Waals surface area contributed by atoms with Crippen LogP contribution in [0.15, 0.2) is 12.2 Å². The van der Waals surface area contributed by atoms with Gasteiger partial charge in [-0.05, 0) is 52.9 Å². The smallest absolute Gasteiger partial charge is 0.428 e. The van der Waals surface area contributed by atoms with Gasteiger partial charge in [0.25, 0.3) is 0 Å². The molecule has 0 fully saturated rings. The molecule has 0 rings (SSSR count). The second-order valence-electron chi connectivity index (χ2n) is 7.87. The average Bonchev–Trinajstić information content (AvgIpc) is 2.57. The largest absolute Gasteiger partial charge is 0.511 e. The van der Waals surface area contributed by atoms with Crippen LogP contribution in [0.1, 0.15) is 105 Å². The second kappa shape index (κ2) is 16.6. The highest BCUT2D eigenvalue weighted by atomic mass is 16.8. The molecule has 0 unspecified atom stereocenters. The molecule has 0 N–H and O–H groups in total. The summed E-state index contributed by atoms with van der Waals surface area (Å²) < 4.78 is 14.5. The summed E-state index contributed by atoms with van der Waals surface area (Å²) >= 11 is 0. The Morgan fingerprint density at radius 1 is 0.778 bits per heavy atom. The molecule has 0 heterocycles. The summed E-state index contributed by atoms with van der Waals surface area (Å²) in [5.41, 5.74) is -0.621. The highest BCUT2D eigenvalue weighted by molar-refractivity contribution is 5.69. The van der Waals surface area contributed by atoms with E-state index in [-0.39, 0.29) is 5.97 Å². The van der Waals surface area contributed by atoms with Crippen molar-refractivity contribution in [1.82, 2.24) is 0 Å². The van der Waals surface area contributed by atoms with E-state index in [9.17, 15) is 9.59 Å². The van der Waals surface area contributed by atoms with Crippen LogP contribution in [0, 0.1) is 0 Å². The van der Waals surface area contributed by atoms with Gasteiger partial charge in [-0.2, -0.15) is 0 Å². The first-order valence-corrected chi connectivity index (χ1v) is 10.5. The van der Waals surface area contributed by atoms with Gasteiger partial charge in [-0.25, -0.2) is 4.79 Å². The molecule has 5 heteroatoms. The van der Waals surface area contributed by atoms with Crippen LogP contribution in [-0.4, -0.2) is 24.5 Å². The van der Waals surface area contributed by atoms with E-state index in [1.165, 1.54) is 44.9 Å². The summed E-state index contributed by atoms with van der Waals surface area (Å²) in [6.07, 6.45) is 17.2. The van der Waals surface area contributed by atoms with Crippen LogP contribution < -0.4 is 0 Å². The van der Waals surface area contributed by atoms with Gasteiger partial charge in [0.1, 0.15) is 5.60 Å². The maximum atomic E-state index is 11.5. The van der Waals surface area contributed by atoms with Gasteiger partial charge >= 0.3 is 12.1 Å². The zero-order valence-corrected chi connectivity index (χ0v) is 17.9. The standard InChI is InChI=1S/C22H40O5/c1-5-6-7-8-9-10-11-12-13-14-15-16-17-18-20(23)25-19-26-21(24)27-22(2,3)4/h12-13H,5-11,14-19H2,1-4H3/b13-12-. The Kier molecular flexibility index (Phi) is 15.7. The van der Waals surface area contributed by atoms with E-state index in [0.717, 1.165) is 25.7 Å². The van der Waals surface area contributed by atoms with Crippen molar-refractivity contribution in [1.29, 1.82) is 0 Å². The van der Waals surface area contributed by atoms with Crippen molar-refractivity contribution in [3.05, 3.63) is 12.2 Å². The molecule has 0 aromatic carbocycles. The minimum absolute atomic E-state index is 0.346. The highest BCUT2D eigenvalue weighted by Gasteiger charge is 2.17. The Hall–Kier alpha value is -1.52. The number of carbonyl (C=O) groups excluding carboxylic acids is 2. The third-order valence-electron chi connectivity index (χ3n) is 3.93. The molecule has 0 spiro atoms. The highest BCUT2D eigenvalue weighted by Crippen LogP contribution is 2.10. The van der Waals surface area contributed by atoms with Crippen LogP contribution in [0.5, 0.6) is 0 Å². The summed E-state index contributed by atoms with van der Waals surface area (Å²) in [7, 11) is 0. The van der Waals surface area contributed by atoms with Crippen molar-refractivity contribution in [3.8, 4) is 0 Å². The quantitative estimate of drug-likeness (QED) is 0.136. The SMILES string of the molecule is CCCCCCCC/C=C\CCCCCC(=O)OCOC(=O)OC(C)(C)C. The Balaban J connectivity index is 3.41. The first-order chi connectivity index (χ1) is 12.8. The fraction of sp³-hybridized carbons (Fsp3) is 0.818. The summed E-state index contributed by atoms with van der Waals surface area (Å²) in [5.74, 6) is -0.350. The molecule has 0 amide bonds. The third kappa shape index (κ3) is 20.6. The van der Waals surface area contributed by atoms with Crippen molar-refractivity contribution >= 4 is 12.1 Å².